The van der Waals surface area contributed by atoms with Crippen LogP contribution in [-0.2, 0) is 16.6 Å². The van der Waals surface area contributed by atoms with Gasteiger partial charge in [-0.1, -0.05) is 18.2 Å². The van der Waals surface area contributed by atoms with Crippen molar-refractivity contribution in [1.82, 2.24) is 4.90 Å². The lowest BCUT2D eigenvalue weighted by Gasteiger charge is -2.26. The first-order valence-electron chi connectivity index (χ1n) is 11.3. The normalized spacial score (nSPS) is 12.7. The van der Waals surface area contributed by atoms with E-state index < -0.39 is 10.0 Å². The van der Waals surface area contributed by atoms with E-state index in [1.165, 1.54) is 19.2 Å². The average molecular weight is 497 g/mol. The molecular formula is C26H28N2O6S. The number of anilines is 1. The molecule has 0 spiro atoms. The molecule has 1 aliphatic heterocycles. The molecule has 1 N–H and O–H groups in total. The summed E-state index contributed by atoms with van der Waals surface area (Å²) in [6, 6.07) is 16.7. The second-order valence-electron chi connectivity index (χ2n) is 8.07. The Kier molecular flexibility index (Phi) is 7.16. The molecule has 0 aliphatic carbocycles. The van der Waals surface area contributed by atoms with Gasteiger partial charge in [0.25, 0.3) is 15.9 Å². The zero-order valence-electron chi connectivity index (χ0n) is 19.9. The van der Waals surface area contributed by atoms with Crippen molar-refractivity contribution in [3.8, 4) is 17.2 Å². The lowest BCUT2D eigenvalue weighted by molar-refractivity contribution is 0.0748. The van der Waals surface area contributed by atoms with Gasteiger partial charge in [0.2, 0.25) is 0 Å². The van der Waals surface area contributed by atoms with E-state index in [0.29, 0.717) is 60.4 Å². The number of nitrogens with zero attached hydrogens (tertiary/aromatic N) is 1. The summed E-state index contributed by atoms with van der Waals surface area (Å²) in [7, 11) is -2.37. The number of carbonyl (C=O) groups excluding carboxylic acids is 1. The van der Waals surface area contributed by atoms with E-state index in [4.69, 9.17) is 14.2 Å². The fourth-order valence-electron chi connectivity index (χ4n) is 3.83. The molecule has 0 saturated heterocycles. The van der Waals surface area contributed by atoms with Crippen molar-refractivity contribution in [3.63, 3.8) is 0 Å². The van der Waals surface area contributed by atoms with Crippen molar-refractivity contribution in [2.45, 2.75) is 25.3 Å². The molecule has 35 heavy (non-hydrogen) atoms. The molecule has 184 valence electrons. The monoisotopic (exact) mass is 496 g/mol. The predicted octanol–water partition coefficient (Wildman–Crippen LogP) is 4.24. The first-order chi connectivity index (χ1) is 16.8. The number of fused-ring (bicyclic) bond motifs is 1. The zero-order chi connectivity index (χ0) is 25.0. The van der Waals surface area contributed by atoms with Gasteiger partial charge in [-0.2, -0.15) is 0 Å². The summed E-state index contributed by atoms with van der Waals surface area (Å²) in [6.07, 6.45) is 0. The van der Waals surface area contributed by atoms with Crippen LogP contribution in [-0.4, -0.2) is 46.1 Å². The van der Waals surface area contributed by atoms with Gasteiger partial charge in [-0.3, -0.25) is 9.52 Å². The maximum absolute atomic E-state index is 13.5. The Morgan fingerprint density at radius 1 is 1.06 bits per heavy atom. The molecule has 3 aromatic rings. The standard InChI is InChI=1S/C26H28N2O6S/c1-4-28(17-19-6-5-7-24-25(19)34-15-14-33-24)26(29)23-16-22(13-8-18(23)2)35(30,31)27-20-9-11-21(32-3)12-10-20/h5-13,16,27H,4,14-15,17H2,1-3H3. The summed E-state index contributed by atoms with van der Waals surface area (Å²) in [5, 5.41) is 0. The predicted molar refractivity (Wildman–Crippen MR) is 133 cm³/mol. The summed E-state index contributed by atoms with van der Waals surface area (Å²) < 4.78 is 45.2. The number of benzene rings is 3. The van der Waals surface area contributed by atoms with Crippen LogP contribution < -0.4 is 18.9 Å². The smallest absolute Gasteiger partial charge is 0.261 e. The summed E-state index contributed by atoms with van der Waals surface area (Å²) in [6.45, 7) is 5.34. The maximum Gasteiger partial charge on any atom is 0.261 e. The first kappa shape index (κ1) is 24.4. The molecule has 1 amide bonds. The summed E-state index contributed by atoms with van der Waals surface area (Å²) in [5.41, 5.74) is 2.24. The van der Waals surface area contributed by atoms with Crippen molar-refractivity contribution >= 4 is 21.6 Å². The van der Waals surface area contributed by atoms with Gasteiger partial charge in [-0.15, -0.1) is 0 Å². The van der Waals surface area contributed by atoms with E-state index in [1.807, 2.05) is 25.1 Å². The Hall–Kier alpha value is -3.72. The average Bonchev–Trinajstić information content (AvgIpc) is 2.87. The number of sulfonamides is 1. The van der Waals surface area contributed by atoms with Crippen LogP contribution >= 0.6 is 0 Å². The van der Waals surface area contributed by atoms with Gasteiger partial charge in [0.1, 0.15) is 19.0 Å². The van der Waals surface area contributed by atoms with Gasteiger partial charge < -0.3 is 19.1 Å². The fraction of sp³-hybridized carbons (Fsp3) is 0.269. The number of carbonyl (C=O) groups is 1. The van der Waals surface area contributed by atoms with Gasteiger partial charge in [0.05, 0.1) is 12.0 Å². The fourth-order valence-corrected chi connectivity index (χ4v) is 4.92. The van der Waals surface area contributed by atoms with Crippen LogP contribution in [0.2, 0.25) is 0 Å². The van der Waals surface area contributed by atoms with Gasteiger partial charge in [0, 0.05) is 29.9 Å². The van der Waals surface area contributed by atoms with Crippen LogP contribution in [0.5, 0.6) is 17.2 Å². The highest BCUT2D eigenvalue weighted by molar-refractivity contribution is 7.92. The van der Waals surface area contributed by atoms with E-state index >= 15 is 0 Å². The van der Waals surface area contributed by atoms with Gasteiger partial charge >= 0.3 is 0 Å². The maximum atomic E-state index is 13.5. The van der Waals surface area contributed by atoms with Crippen molar-refractivity contribution < 1.29 is 27.4 Å². The molecule has 0 aromatic heterocycles. The van der Waals surface area contributed by atoms with Gasteiger partial charge in [-0.25, -0.2) is 8.42 Å². The molecule has 1 heterocycles. The number of rotatable bonds is 8. The van der Waals surface area contributed by atoms with Gasteiger partial charge in [0.15, 0.2) is 11.5 Å². The molecule has 9 heteroatoms. The lowest BCUT2D eigenvalue weighted by atomic mass is 10.1. The van der Waals surface area contributed by atoms with Crippen molar-refractivity contribution in [2.24, 2.45) is 0 Å². The number of aryl methyl sites for hydroxylation is 1. The largest absolute Gasteiger partial charge is 0.497 e. The third-order valence-corrected chi connectivity index (χ3v) is 7.15. The number of ether oxygens (including phenoxy) is 3. The topological polar surface area (TPSA) is 94.2 Å². The highest BCUT2D eigenvalue weighted by Gasteiger charge is 2.24. The lowest BCUT2D eigenvalue weighted by Crippen LogP contribution is -2.31. The van der Waals surface area contributed by atoms with E-state index in [0.717, 1.165) is 5.56 Å². The molecule has 8 nitrogen and oxygen atoms in total. The Balaban J connectivity index is 1.59. The summed E-state index contributed by atoms with van der Waals surface area (Å²) in [4.78, 5) is 15.2. The van der Waals surface area contributed by atoms with Crippen LogP contribution in [0.15, 0.2) is 65.6 Å². The molecular weight excluding hydrogens is 468 g/mol. The number of methoxy groups -OCH3 is 1. The van der Waals surface area contributed by atoms with Crippen LogP contribution in [0.4, 0.5) is 5.69 Å². The first-order valence-corrected chi connectivity index (χ1v) is 12.7. The molecule has 0 fully saturated rings. The molecule has 0 bridgehead atoms. The molecule has 4 rings (SSSR count). The Labute approximate surface area is 205 Å². The second kappa shape index (κ2) is 10.3. The number of amides is 1. The minimum absolute atomic E-state index is 0.00662. The van der Waals surface area contributed by atoms with Gasteiger partial charge in [-0.05, 0) is 61.9 Å². The minimum Gasteiger partial charge on any atom is -0.497 e. The second-order valence-corrected chi connectivity index (χ2v) is 9.75. The third kappa shape index (κ3) is 5.35. The van der Waals surface area contributed by atoms with Crippen molar-refractivity contribution in [2.75, 3.05) is 31.6 Å². The Morgan fingerprint density at radius 2 is 1.80 bits per heavy atom. The van der Waals surface area contributed by atoms with E-state index in [9.17, 15) is 13.2 Å². The number of nitrogens with one attached hydrogen (secondary N) is 1. The molecule has 0 saturated carbocycles. The van der Waals surface area contributed by atoms with Crippen LogP contribution in [0.3, 0.4) is 0 Å². The molecule has 0 atom stereocenters. The molecule has 0 radical (unpaired) electrons. The van der Waals surface area contributed by atoms with E-state index in [1.54, 1.807) is 42.2 Å². The Morgan fingerprint density at radius 3 is 2.51 bits per heavy atom. The van der Waals surface area contributed by atoms with Crippen LogP contribution in [0.1, 0.15) is 28.4 Å². The molecule has 1 aliphatic rings. The third-order valence-electron chi connectivity index (χ3n) is 5.77. The summed E-state index contributed by atoms with van der Waals surface area (Å²) in [5.74, 6) is 1.65. The van der Waals surface area contributed by atoms with Crippen LogP contribution in [0, 0.1) is 6.92 Å². The van der Waals surface area contributed by atoms with Crippen LogP contribution in [0.25, 0.3) is 0 Å². The highest BCUT2D eigenvalue weighted by Crippen LogP contribution is 2.34. The quantitative estimate of drug-likeness (QED) is 0.501. The number of para-hydroxylation sites is 1. The molecule has 0 unspecified atom stereocenters. The number of hydrogen-bond acceptors (Lipinski definition) is 6. The highest BCUT2D eigenvalue weighted by atomic mass is 32.2. The van der Waals surface area contributed by atoms with E-state index in [-0.39, 0.29) is 10.8 Å². The number of hydrogen-bond donors (Lipinski definition) is 1. The van der Waals surface area contributed by atoms with E-state index in [2.05, 4.69) is 4.72 Å². The van der Waals surface area contributed by atoms with Crippen molar-refractivity contribution in [1.29, 1.82) is 0 Å². The minimum atomic E-state index is -3.91. The SMILES string of the molecule is CCN(Cc1cccc2c1OCCO2)C(=O)c1cc(S(=O)(=O)Nc2ccc(OC)cc2)ccc1C. The van der Waals surface area contributed by atoms with Crippen molar-refractivity contribution in [3.05, 3.63) is 77.4 Å². The molecule has 3 aromatic carbocycles. The zero-order valence-corrected chi connectivity index (χ0v) is 20.7. The summed E-state index contributed by atoms with van der Waals surface area (Å²) >= 11 is 0. The Bertz CT molecular complexity index is 1320.